The average molecular weight is 277 g/mol. The van der Waals surface area contributed by atoms with Crippen LogP contribution in [0.4, 0.5) is 0 Å². The standard InChI is InChI=1S/C12H23NO4S/c1-3-10-4-6-11(7-5-10)8-13-18(16,17)9(2)12(14)15/h9-11,13H,3-8H2,1-2H3,(H,14,15). The van der Waals surface area contributed by atoms with Crippen LogP contribution in [0.2, 0.25) is 0 Å². The summed E-state index contributed by atoms with van der Waals surface area (Å²) in [5, 5.41) is 7.32. The summed E-state index contributed by atoms with van der Waals surface area (Å²) in [6, 6.07) is 0. The first-order chi connectivity index (χ1) is 8.36. The Labute approximate surface area is 109 Å². The summed E-state index contributed by atoms with van der Waals surface area (Å²) in [5.74, 6) is -0.184. The molecule has 0 aliphatic heterocycles. The van der Waals surface area contributed by atoms with Crippen molar-refractivity contribution in [3.8, 4) is 0 Å². The zero-order valence-corrected chi connectivity index (χ0v) is 11.9. The van der Waals surface area contributed by atoms with E-state index in [0.717, 1.165) is 31.6 Å². The molecule has 0 aromatic carbocycles. The molecule has 1 saturated carbocycles. The Bertz CT molecular complexity index is 372. The van der Waals surface area contributed by atoms with Crippen molar-refractivity contribution < 1.29 is 18.3 Å². The van der Waals surface area contributed by atoms with Gasteiger partial charge in [-0.2, -0.15) is 0 Å². The quantitative estimate of drug-likeness (QED) is 0.772. The van der Waals surface area contributed by atoms with E-state index >= 15 is 0 Å². The lowest BCUT2D eigenvalue weighted by Crippen LogP contribution is -2.40. The molecule has 0 spiro atoms. The van der Waals surface area contributed by atoms with E-state index in [2.05, 4.69) is 11.6 Å². The molecule has 0 amide bonds. The van der Waals surface area contributed by atoms with Gasteiger partial charge in [-0.15, -0.1) is 0 Å². The van der Waals surface area contributed by atoms with E-state index in [9.17, 15) is 13.2 Å². The van der Waals surface area contributed by atoms with Gasteiger partial charge in [0.05, 0.1) is 0 Å². The Morgan fingerprint density at radius 2 is 1.78 bits per heavy atom. The Morgan fingerprint density at radius 1 is 1.28 bits per heavy atom. The molecule has 1 atom stereocenters. The largest absolute Gasteiger partial charge is 0.480 e. The molecule has 1 fully saturated rings. The van der Waals surface area contributed by atoms with Gasteiger partial charge in [0.25, 0.3) is 0 Å². The van der Waals surface area contributed by atoms with Crippen LogP contribution in [-0.2, 0) is 14.8 Å². The van der Waals surface area contributed by atoms with Crippen molar-refractivity contribution in [1.29, 1.82) is 0 Å². The van der Waals surface area contributed by atoms with Crippen molar-refractivity contribution in [2.24, 2.45) is 11.8 Å². The lowest BCUT2D eigenvalue weighted by Gasteiger charge is -2.28. The van der Waals surface area contributed by atoms with E-state index in [-0.39, 0.29) is 0 Å². The average Bonchev–Trinajstić information content (AvgIpc) is 2.36. The van der Waals surface area contributed by atoms with E-state index in [4.69, 9.17) is 5.11 Å². The number of hydrogen-bond acceptors (Lipinski definition) is 3. The summed E-state index contributed by atoms with van der Waals surface area (Å²) in [4.78, 5) is 10.7. The molecular formula is C12H23NO4S. The van der Waals surface area contributed by atoms with Crippen LogP contribution < -0.4 is 4.72 Å². The Kier molecular flexibility index (Phi) is 5.59. The Morgan fingerprint density at radius 3 is 2.22 bits per heavy atom. The maximum Gasteiger partial charge on any atom is 0.323 e. The highest BCUT2D eigenvalue weighted by molar-refractivity contribution is 7.90. The zero-order chi connectivity index (χ0) is 13.8. The Balaban J connectivity index is 2.40. The summed E-state index contributed by atoms with van der Waals surface area (Å²) in [6.45, 7) is 3.75. The van der Waals surface area contributed by atoms with E-state index in [1.54, 1.807) is 0 Å². The third-order valence-corrected chi connectivity index (χ3v) is 5.63. The smallest absolute Gasteiger partial charge is 0.323 e. The van der Waals surface area contributed by atoms with Crippen molar-refractivity contribution >= 4 is 16.0 Å². The number of carboxylic acid groups (broad SMARTS) is 1. The van der Waals surface area contributed by atoms with Gasteiger partial charge >= 0.3 is 5.97 Å². The normalized spacial score (nSPS) is 26.8. The zero-order valence-electron chi connectivity index (χ0n) is 11.1. The molecule has 6 heteroatoms. The molecule has 0 radical (unpaired) electrons. The molecule has 1 aliphatic carbocycles. The number of carboxylic acids is 1. The van der Waals surface area contributed by atoms with E-state index in [1.807, 2.05) is 0 Å². The lowest BCUT2D eigenvalue weighted by molar-refractivity contribution is -0.136. The third kappa shape index (κ3) is 4.24. The van der Waals surface area contributed by atoms with Gasteiger partial charge in [0, 0.05) is 6.54 Å². The fourth-order valence-corrected chi connectivity index (χ4v) is 3.32. The maximum absolute atomic E-state index is 11.6. The van der Waals surface area contributed by atoms with Crippen LogP contribution in [0.1, 0.15) is 46.0 Å². The van der Waals surface area contributed by atoms with E-state index in [0.29, 0.717) is 12.5 Å². The van der Waals surface area contributed by atoms with Crippen molar-refractivity contribution in [2.45, 2.75) is 51.2 Å². The highest BCUT2D eigenvalue weighted by Crippen LogP contribution is 2.30. The molecule has 5 nitrogen and oxygen atoms in total. The molecule has 1 aliphatic rings. The maximum atomic E-state index is 11.6. The van der Waals surface area contributed by atoms with Crippen LogP contribution in [0.3, 0.4) is 0 Å². The molecule has 0 aromatic heterocycles. The minimum atomic E-state index is -3.73. The van der Waals surface area contributed by atoms with E-state index in [1.165, 1.54) is 13.3 Å². The van der Waals surface area contributed by atoms with Crippen LogP contribution in [0.15, 0.2) is 0 Å². The molecule has 0 bridgehead atoms. The minimum absolute atomic E-state index is 0.351. The molecule has 0 heterocycles. The Hall–Kier alpha value is -0.620. The van der Waals surface area contributed by atoms with Gasteiger partial charge in [-0.05, 0) is 31.6 Å². The molecular weight excluding hydrogens is 254 g/mol. The molecule has 1 unspecified atom stereocenters. The molecule has 18 heavy (non-hydrogen) atoms. The number of rotatable bonds is 6. The second-order valence-corrected chi connectivity index (χ2v) is 7.25. The molecule has 1 rings (SSSR count). The monoisotopic (exact) mass is 277 g/mol. The fourth-order valence-electron chi connectivity index (χ4n) is 2.34. The first-order valence-electron chi connectivity index (χ1n) is 6.58. The number of aliphatic carboxylic acids is 1. The van der Waals surface area contributed by atoms with E-state index < -0.39 is 21.2 Å². The van der Waals surface area contributed by atoms with Crippen LogP contribution in [0, 0.1) is 11.8 Å². The van der Waals surface area contributed by atoms with Crippen molar-refractivity contribution in [3.05, 3.63) is 0 Å². The predicted octanol–water partition coefficient (Wildman–Crippen LogP) is 1.60. The van der Waals surface area contributed by atoms with Gasteiger partial charge in [-0.1, -0.05) is 26.2 Å². The van der Waals surface area contributed by atoms with Gasteiger partial charge < -0.3 is 5.11 Å². The van der Waals surface area contributed by atoms with Crippen molar-refractivity contribution in [2.75, 3.05) is 6.54 Å². The molecule has 0 aromatic rings. The summed E-state index contributed by atoms with van der Waals surface area (Å²) < 4.78 is 25.7. The van der Waals surface area contributed by atoms with Crippen molar-refractivity contribution in [1.82, 2.24) is 4.72 Å². The highest BCUT2D eigenvalue weighted by atomic mass is 32.2. The van der Waals surface area contributed by atoms with Crippen LogP contribution in [0.5, 0.6) is 0 Å². The highest BCUT2D eigenvalue weighted by Gasteiger charge is 2.28. The first-order valence-corrected chi connectivity index (χ1v) is 8.12. The van der Waals surface area contributed by atoms with Gasteiger partial charge in [0.1, 0.15) is 0 Å². The lowest BCUT2D eigenvalue weighted by atomic mass is 9.81. The third-order valence-electron chi connectivity index (χ3n) is 3.93. The molecule has 2 N–H and O–H groups in total. The number of nitrogens with one attached hydrogen (secondary N) is 1. The van der Waals surface area contributed by atoms with Gasteiger partial charge in [-0.25, -0.2) is 13.1 Å². The van der Waals surface area contributed by atoms with Crippen LogP contribution in [0.25, 0.3) is 0 Å². The first kappa shape index (κ1) is 15.4. The topological polar surface area (TPSA) is 83.5 Å². The number of carbonyl (C=O) groups is 1. The van der Waals surface area contributed by atoms with Gasteiger partial charge in [0.15, 0.2) is 5.25 Å². The predicted molar refractivity (Wildman–Crippen MR) is 69.8 cm³/mol. The number of sulfonamides is 1. The fraction of sp³-hybridized carbons (Fsp3) is 0.917. The van der Waals surface area contributed by atoms with Gasteiger partial charge in [-0.3, -0.25) is 4.79 Å². The summed E-state index contributed by atoms with van der Waals surface area (Å²) in [6.07, 6.45) is 5.55. The summed E-state index contributed by atoms with van der Waals surface area (Å²) in [5.41, 5.74) is 0. The minimum Gasteiger partial charge on any atom is -0.480 e. The van der Waals surface area contributed by atoms with Crippen LogP contribution >= 0.6 is 0 Å². The SMILES string of the molecule is CCC1CCC(CNS(=O)(=O)C(C)C(=O)O)CC1. The summed E-state index contributed by atoms with van der Waals surface area (Å²) in [7, 11) is -3.73. The molecule has 106 valence electrons. The second-order valence-electron chi connectivity index (χ2n) is 5.17. The van der Waals surface area contributed by atoms with Gasteiger partial charge in [0.2, 0.25) is 10.0 Å². The second kappa shape index (κ2) is 6.52. The van der Waals surface area contributed by atoms with Crippen molar-refractivity contribution in [3.63, 3.8) is 0 Å². The molecule has 0 saturated heterocycles. The summed E-state index contributed by atoms with van der Waals surface area (Å²) >= 11 is 0. The number of hydrogen-bond donors (Lipinski definition) is 2. The van der Waals surface area contributed by atoms with Crippen LogP contribution in [-0.4, -0.2) is 31.3 Å².